The molecular formula is C20H27N6O2+. The predicted molar refractivity (Wildman–Crippen MR) is 109 cm³/mol. The molecule has 1 aromatic carbocycles. The molecule has 1 saturated heterocycles. The van der Waals surface area contributed by atoms with Gasteiger partial charge in [0.2, 0.25) is 5.91 Å². The van der Waals surface area contributed by atoms with Gasteiger partial charge in [0.15, 0.2) is 0 Å². The summed E-state index contributed by atoms with van der Waals surface area (Å²) in [5.41, 5.74) is 3.85. The molecular weight excluding hydrogens is 356 g/mol. The Morgan fingerprint density at radius 3 is 2.43 bits per heavy atom. The lowest BCUT2D eigenvalue weighted by molar-refractivity contribution is -0.116. The summed E-state index contributed by atoms with van der Waals surface area (Å²) in [5.74, 6) is 0.818. The Kier molecular flexibility index (Phi) is 6.57. The first-order valence-corrected chi connectivity index (χ1v) is 9.47. The molecule has 0 spiro atoms. The highest BCUT2D eigenvalue weighted by atomic mass is 16.2. The third kappa shape index (κ3) is 5.05. The van der Waals surface area contributed by atoms with Crippen LogP contribution in [0, 0.1) is 0 Å². The quantitative estimate of drug-likeness (QED) is 0.661. The van der Waals surface area contributed by atoms with Crippen molar-refractivity contribution in [3.05, 3.63) is 54.7 Å². The zero-order valence-electron chi connectivity index (χ0n) is 16.1. The van der Waals surface area contributed by atoms with E-state index in [0.29, 0.717) is 30.6 Å². The zero-order chi connectivity index (χ0) is 19.8. The molecule has 0 atom stereocenters. The zero-order valence-corrected chi connectivity index (χ0v) is 16.1. The number of para-hydroxylation sites is 1. The molecule has 1 fully saturated rings. The van der Waals surface area contributed by atoms with Gasteiger partial charge in [-0.1, -0.05) is 24.3 Å². The van der Waals surface area contributed by atoms with Gasteiger partial charge in [-0.05, 0) is 18.2 Å². The van der Waals surface area contributed by atoms with Crippen molar-refractivity contribution in [2.24, 2.45) is 0 Å². The highest BCUT2D eigenvalue weighted by molar-refractivity contribution is 5.90. The number of hydrogen-bond donors (Lipinski definition) is 3. The van der Waals surface area contributed by atoms with Crippen LogP contribution in [0.25, 0.3) is 0 Å². The molecule has 148 valence electrons. The number of nitrogens with one attached hydrogen (secondary N) is 3. The summed E-state index contributed by atoms with van der Waals surface area (Å²) < 4.78 is 0.299. The summed E-state index contributed by atoms with van der Waals surface area (Å²) in [7, 11) is 1.60. The molecule has 1 aliphatic rings. The first kappa shape index (κ1) is 19.8. The summed E-state index contributed by atoms with van der Waals surface area (Å²) in [6.45, 7) is 3.58. The van der Waals surface area contributed by atoms with Gasteiger partial charge in [0, 0.05) is 38.0 Å². The molecule has 2 heterocycles. The monoisotopic (exact) mass is 383 g/mol. The number of rotatable bonds is 6. The molecule has 0 saturated carbocycles. The second-order valence-electron chi connectivity index (χ2n) is 6.80. The number of anilines is 1. The van der Waals surface area contributed by atoms with Gasteiger partial charge in [-0.25, -0.2) is 9.78 Å². The van der Waals surface area contributed by atoms with Gasteiger partial charge in [0.25, 0.3) is 5.82 Å². The maximum atomic E-state index is 12.2. The number of carbonyl (C=O) groups excluding carboxylic acids is 2. The number of hydrogen-bond acceptors (Lipinski definition) is 4. The average molecular weight is 383 g/mol. The van der Waals surface area contributed by atoms with Gasteiger partial charge < -0.3 is 10.6 Å². The lowest BCUT2D eigenvalue weighted by Crippen LogP contribution is -2.70. The Morgan fingerprint density at radius 1 is 1.07 bits per heavy atom. The fraction of sp³-hybridized carbons (Fsp3) is 0.350. The van der Waals surface area contributed by atoms with E-state index in [9.17, 15) is 9.59 Å². The SMILES string of the molecule is CNC(=O)N[N+]1(c2ccccn2)CCN(CCC(=O)Nc2ccccc2)CC1. The van der Waals surface area contributed by atoms with Crippen LogP contribution in [0.5, 0.6) is 0 Å². The third-order valence-electron chi connectivity index (χ3n) is 4.94. The van der Waals surface area contributed by atoms with E-state index in [0.717, 1.165) is 24.6 Å². The van der Waals surface area contributed by atoms with E-state index in [1.165, 1.54) is 0 Å². The smallest absolute Gasteiger partial charge is 0.337 e. The molecule has 0 unspecified atom stereocenters. The number of amides is 3. The topological polar surface area (TPSA) is 86.4 Å². The van der Waals surface area contributed by atoms with E-state index in [2.05, 4.69) is 25.9 Å². The van der Waals surface area contributed by atoms with Crippen LogP contribution in [0.4, 0.5) is 16.3 Å². The number of carbonyl (C=O) groups is 2. The van der Waals surface area contributed by atoms with Gasteiger partial charge in [0.1, 0.15) is 13.1 Å². The molecule has 3 rings (SSSR count). The molecule has 28 heavy (non-hydrogen) atoms. The second kappa shape index (κ2) is 9.29. The fourth-order valence-corrected chi connectivity index (χ4v) is 3.33. The summed E-state index contributed by atoms with van der Waals surface area (Å²) >= 11 is 0. The number of benzene rings is 1. The van der Waals surface area contributed by atoms with Crippen molar-refractivity contribution in [2.45, 2.75) is 6.42 Å². The first-order chi connectivity index (χ1) is 13.6. The Balaban J connectivity index is 1.55. The van der Waals surface area contributed by atoms with Crippen molar-refractivity contribution in [3.63, 3.8) is 0 Å². The van der Waals surface area contributed by atoms with E-state index in [-0.39, 0.29) is 11.9 Å². The van der Waals surface area contributed by atoms with Crippen molar-refractivity contribution in [1.82, 2.24) is 25.2 Å². The second-order valence-corrected chi connectivity index (χ2v) is 6.80. The molecule has 3 N–H and O–H groups in total. The Bertz CT molecular complexity index is 776. The molecule has 0 aliphatic carbocycles. The largest absolute Gasteiger partial charge is 0.359 e. The highest BCUT2D eigenvalue weighted by Crippen LogP contribution is 2.20. The van der Waals surface area contributed by atoms with Crippen molar-refractivity contribution in [1.29, 1.82) is 0 Å². The van der Waals surface area contributed by atoms with Crippen LogP contribution in [-0.2, 0) is 4.79 Å². The van der Waals surface area contributed by atoms with E-state index < -0.39 is 0 Å². The summed E-state index contributed by atoms with van der Waals surface area (Å²) in [6, 6.07) is 15.0. The van der Waals surface area contributed by atoms with Crippen LogP contribution in [-0.4, -0.2) is 61.6 Å². The highest BCUT2D eigenvalue weighted by Gasteiger charge is 2.38. The molecule has 1 aliphatic heterocycles. The number of aromatic nitrogens is 1. The van der Waals surface area contributed by atoms with Crippen LogP contribution >= 0.6 is 0 Å². The van der Waals surface area contributed by atoms with Crippen molar-refractivity contribution in [2.75, 3.05) is 45.1 Å². The van der Waals surface area contributed by atoms with Crippen LogP contribution in [0.15, 0.2) is 54.7 Å². The third-order valence-corrected chi connectivity index (χ3v) is 4.94. The van der Waals surface area contributed by atoms with Gasteiger partial charge in [-0.15, -0.1) is 0 Å². The Morgan fingerprint density at radius 2 is 1.79 bits per heavy atom. The van der Waals surface area contributed by atoms with Crippen LogP contribution < -0.4 is 20.7 Å². The first-order valence-electron chi connectivity index (χ1n) is 9.47. The standard InChI is InChI=1S/C20H26N6O2/c1-21-20(28)24-26(18-9-5-6-11-22-18)15-13-25(14-16-26)12-10-19(27)23-17-7-3-2-4-8-17/h2-9,11H,10,12-16H2,1H3,(H2-,21,23,24,27,28)/p+1. The van der Waals surface area contributed by atoms with Crippen LogP contribution in [0.2, 0.25) is 0 Å². The normalized spacial score (nSPS) is 16.2. The lowest BCUT2D eigenvalue weighted by Gasteiger charge is -2.42. The molecule has 2 aromatic rings. The van der Waals surface area contributed by atoms with Crippen LogP contribution in [0.3, 0.4) is 0 Å². The summed E-state index contributed by atoms with van der Waals surface area (Å²) in [5, 5.41) is 5.53. The number of urea groups is 1. The number of pyridine rings is 1. The van der Waals surface area contributed by atoms with Gasteiger partial charge in [-0.3, -0.25) is 9.69 Å². The fourth-order valence-electron chi connectivity index (χ4n) is 3.33. The minimum atomic E-state index is -0.235. The number of piperazine rings is 1. The maximum Gasteiger partial charge on any atom is 0.359 e. The van der Waals surface area contributed by atoms with Gasteiger partial charge >= 0.3 is 6.03 Å². The Labute approximate surface area is 165 Å². The lowest BCUT2D eigenvalue weighted by atomic mass is 10.2. The van der Waals surface area contributed by atoms with E-state index in [4.69, 9.17) is 0 Å². The summed E-state index contributed by atoms with van der Waals surface area (Å²) in [4.78, 5) is 30.9. The molecule has 8 nitrogen and oxygen atoms in total. The van der Waals surface area contributed by atoms with Crippen molar-refractivity contribution < 1.29 is 9.59 Å². The van der Waals surface area contributed by atoms with Crippen molar-refractivity contribution >= 4 is 23.4 Å². The minimum absolute atomic E-state index is 0.00531. The maximum absolute atomic E-state index is 12.2. The Hall–Kier alpha value is -2.97. The van der Waals surface area contributed by atoms with E-state index >= 15 is 0 Å². The molecule has 0 bridgehead atoms. The predicted octanol–water partition coefficient (Wildman–Crippen LogP) is 1.58. The average Bonchev–Trinajstić information content (AvgIpc) is 2.74. The van der Waals surface area contributed by atoms with Gasteiger partial charge in [0.05, 0.1) is 13.1 Å². The summed E-state index contributed by atoms with van der Waals surface area (Å²) in [6.07, 6.45) is 2.17. The molecule has 0 radical (unpaired) electrons. The van der Waals surface area contributed by atoms with Crippen molar-refractivity contribution in [3.8, 4) is 0 Å². The van der Waals surface area contributed by atoms with E-state index in [1.54, 1.807) is 13.2 Å². The minimum Gasteiger partial charge on any atom is -0.337 e. The number of quaternary nitrogens is 1. The molecule has 8 heteroatoms. The van der Waals surface area contributed by atoms with E-state index in [1.807, 2.05) is 48.5 Å². The molecule has 1 aromatic heterocycles. The van der Waals surface area contributed by atoms with Crippen LogP contribution in [0.1, 0.15) is 6.42 Å². The molecule has 3 amide bonds. The number of nitrogens with zero attached hydrogens (tertiary/aromatic N) is 3. The van der Waals surface area contributed by atoms with Gasteiger partial charge in [-0.2, -0.15) is 10.0 Å².